The van der Waals surface area contributed by atoms with E-state index in [1.165, 1.54) is 6.42 Å². The first kappa shape index (κ1) is 18.0. The second kappa shape index (κ2) is 7.07. The van der Waals surface area contributed by atoms with Crippen molar-refractivity contribution in [3.8, 4) is 0 Å². The molecule has 23 heavy (non-hydrogen) atoms. The first-order valence-electron chi connectivity index (χ1n) is 7.86. The molecule has 0 atom stereocenters. The Morgan fingerprint density at radius 1 is 1.35 bits per heavy atom. The van der Waals surface area contributed by atoms with E-state index in [4.69, 9.17) is 4.98 Å². The van der Waals surface area contributed by atoms with Crippen molar-refractivity contribution in [2.75, 3.05) is 20.1 Å². The topological polar surface area (TPSA) is 45.5 Å². The van der Waals surface area contributed by atoms with Crippen LogP contribution in [-0.4, -0.2) is 40.5 Å². The van der Waals surface area contributed by atoms with E-state index in [2.05, 4.69) is 52.8 Å². The second-order valence-electron chi connectivity index (χ2n) is 6.81. The summed E-state index contributed by atoms with van der Waals surface area (Å²) >= 11 is 0. The van der Waals surface area contributed by atoms with Crippen LogP contribution in [-0.2, 0) is 13.6 Å². The maximum absolute atomic E-state index is 4.70. The average molecular weight is 427 g/mol. The van der Waals surface area contributed by atoms with Gasteiger partial charge in [0.15, 0.2) is 5.96 Å². The lowest BCUT2D eigenvalue weighted by molar-refractivity contribution is 0.370. The Morgan fingerprint density at radius 3 is 2.70 bits per heavy atom. The largest absolute Gasteiger partial charge is 0.349 e. The summed E-state index contributed by atoms with van der Waals surface area (Å²) in [4.78, 5) is 11.5. The lowest BCUT2D eigenvalue weighted by Gasteiger charge is -2.23. The van der Waals surface area contributed by atoms with Crippen LogP contribution in [0.1, 0.15) is 26.1 Å². The van der Waals surface area contributed by atoms with E-state index in [1.54, 1.807) is 0 Å². The first-order valence-corrected chi connectivity index (χ1v) is 7.86. The van der Waals surface area contributed by atoms with Crippen molar-refractivity contribution >= 4 is 41.0 Å². The number of fused-ring (bicyclic) bond motifs is 1. The van der Waals surface area contributed by atoms with Crippen molar-refractivity contribution in [2.24, 2.45) is 17.5 Å². The Hall–Kier alpha value is -1.31. The molecular weight excluding hydrogens is 401 g/mol. The quantitative estimate of drug-likeness (QED) is 0.456. The van der Waals surface area contributed by atoms with Crippen LogP contribution >= 0.6 is 24.0 Å². The molecule has 0 saturated carbocycles. The standard InChI is InChI=1S/C17H25N5.HI/c1-17(2)9-10-22(12-17)16(18-3)19-11-15-20-13-7-5-6-8-14(13)21(15)4;/h5-8H,9-12H2,1-4H3,(H,18,19);1H. The van der Waals surface area contributed by atoms with Gasteiger partial charge < -0.3 is 14.8 Å². The zero-order valence-electron chi connectivity index (χ0n) is 14.3. The van der Waals surface area contributed by atoms with Crippen molar-refractivity contribution < 1.29 is 0 Å². The summed E-state index contributed by atoms with van der Waals surface area (Å²) in [5.41, 5.74) is 2.57. The van der Waals surface area contributed by atoms with Crippen LogP contribution in [0.4, 0.5) is 0 Å². The number of aliphatic imine (C=N–C) groups is 1. The van der Waals surface area contributed by atoms with Gasteiger partial charge in [-0.3, -0.25) is 4.99 Å². The minimum absolute atomic E-state index is 0. The van der Waals surface area contributed by atoms with E-state index in [9.17, 15) is 0 Å². The van der Waals surface area contributed by atoms with Gasteiger partial charge in [0.1, 0.15) is 5.82 Å². The zero-order chi connectivity index (χ0) is 15.7. The molecule has 1 aromatic heterocycles. The molecule has 0 unspecified atom stereocenters. The number of para-hydroxylation sites is 2. The molecule has 126 valence electrons. The summed E-state index contributed by atoms with van der Waals surface area (Å²) in [6.45, 7) is 7.43. The molecule has 0 spiro atoms. The number of rotatable bonds is 2. The highest BCUT2D eigenvalue weighted by Crippen LogP contribution is 2.28. The Balaban J connectivity index is 0.00000192. The lowest BCUT2D eigenvalue weighted by Crippen LogP contribution is -2.40. The molecule has 1 N–H and O–H groups in total. The van der Waals surface area contributed by atoms with Crippen LogP contribution in [0.15, 0.2) is 29.3 Å². The Kier molecular flexibility index (Phi) is 5.54. The van der Waals surface area contributed by atoms with Crippen LogP contribution < -0.4 is 5.32 Å². The predicted molar refractivity (Wildman–Crippen MR) is 106 cm³/mol. The summed E-state index contributed by atoms with van der Waals surface area (Å²) in [6, 6.07) is 8.23. The highest BCUT2D eigenvalue weighted by atomic mass is 127. The molecule has 1 saturated heterocycles. The van der Waals surface area contributed by atoms with E-state index in [-0.39, 0.29) is 24.0 Å². The number of halogens is 1. The molecule has 0 amide bonds. The molecule has 1 aromatic carbocycles. The second-order valence-corrected chi connectivity index (χ2v) is 6.81. The normalized spacial score (nSPS) is 17.4. The van der Waals surface area contributed by atoms with Gasteiger partial charge in [0.2, 0.25) is 0 Å². The summed E-state index contributed by atoms with van der Waals surface area (Å²) in [5, 5.41) is 3.46. The monoisotopic (exact) mass is 427 g/mol. The molecule has 2 aromatic rings. The number of aromatic nitrogens is 2. The van der Waals surface area contributed by atoms with E-state index in [0.717, 1.165) is 35.9 Å². The third kappa shape index (κ3) is 3.79. The third-order valence-corrected chi connectivity index (χ3v) is 4.47. The minimum Gasteiger partial charge on any atom is -0.349 e. The maximum Gasteiger partial charge on any atom is 0.194 e. The fraction of sp³-hybridized carbons (Fsp3) is 0.529. The van der Waals surface area contributed by atoms with Crippen LogP contribution in [0.25, 0.3) is 11.0 Å². The summed E-state index contributed by atoms with van der Waals surface area (Å²) in [6.07, 6.45) is 1.21. The molecule has 2 heterocycles. The van der Waals surface area contributed by atoms with Gasteiger partial charge in [-0.05, 0) is 24.0 Å². The number of nitrogens with one attached hydrogen (secondary N) is 1. The van der Waals surface area contributed by atoms with Gasteiger partial charge in [0, 0.05) is 27.2 Å². The number of guanidine groups is 1. The van der Waals surface area contributed by atoms with E-state index in [0.29, 0.717) is 12.0 Å². The van der Waals surface area contributed by atoms with Gasteiger partial charge in [-0.15, -0.1) is 24.0 Å². The molecule has 1 aliphatic heterocycles. The number of hydrogen-bond donors (Lipinski definition) is 1. The van der Waals surface area contributed by atoms with Crippen molar-refractivity contribution in [2.45, 2.75) is 26.8 Å². The van der Waals surface area contributed by atoms with Gasteiger partial charge in [-0.2, -0.15) is 0 Å². The minimum atomic E-state index is 0. The number of nitrogens with zero attached hydrogens (tertiary/aromatic N) is 4. The molecule has 0 bridgehead atoms. The summed E-state index contributed by atoms with van der Waals surface area (Å²) in [7, 11) is 3.91. The van der Waals surface area contributed by atoms with E-state index in [1.807, 2.05) is 19.2 Å². The Labute approximate surface area is 155 Å². The number of aryl methyl sites for hydroxylation is 1. The van der Waals surface area contributed by atoms with Crippen LogP contribution in [0.3, 0.4) is 0 Å². The van der Waals surface area contributed by atoms with Crippen molar-refractivity contribution in [1.29, 1.82) is 0 Å². The molecule has 0 aliphatic carbocycles. The smallest absolute Gasteiger partial charge is 0.194 e. The van der Waals surface area contributed by atoms with E-state index >= 15 is 0 Å². The van der Waals surface area contributed by atoms with Crippen molar-refractivity contribution in [1.82, 2.24) is 19.8 Å². The maximum atomic E-state index is 4.70. The molecule has 3 rings (SSSR count). The molecule has 5 nitrogen and oxygen atoms in total. The van der Waals surface area contributed by atoms with Crippen molar-refractivity contribution in [3.63, 3.8) is 0 Å². The molecule has 1 fully saturated rings. The molecule has 1 aliphatic rings. The van der Waals surface area contributed by atoms with Crippen LogP contribution in [0.2, 0.25) is 0 Å². The first-order chi connectivity index (χ1) is 10.5. The van der Waals surface area contributed by atoms with Gasteiger partial charge in [-0.25, -0.2) is 4.98 Å². The highest BCUT2D eigenvalue weighted by Gasteiger charge is 2.30. The van der Waals surface area contributed by atoms with E-state index < -0.39 is 0 Å². The van der Waals surface area contributed by atoms with Crippen LogP contribution in [0.5, 0.6) is 0 Å². The highest BCUT2D eigenvalue weighted by molar-refractivity contribution is 14.0. The van der Waals surface area contributed by atoms with Gasteiger partial charge >= 0.3 is 0 Å². The zero-order valence-corrected chi connectivity index (χ0v) is 16.7. The molecule has 0 radical (unpaired) electrons. The lowest BCUT2D eigenvalue weighted by atomic mass is 9.93. The number of benzene rings is 1. The average Bonchev–Trinajstić information content (AvgIpc) is 3.01. The van der Waals surface area contributed by atoms with Crippen molar-refractivity contribution in [3.05, 3.63) is 30.1 Å². The molecule has 6 heteroatoms. The Bertz CT molecular complexity index is 704. The fourth-order valence-electron chi connectivity index (χ4n) is 3.14. The fourth-order valence-corrected chi connectivity index (χ4v) is 3.14. The van der Waals surface area contributed by atoms with Gasteiger partial charge in [-0.1, -0.05) is 26.0 Å². The van der Waals surface area contributed by atoms with Crippen LogP contribution in [0, 0.1) is 5.41 Å². The third-order valence-electron chi connectivity index (χ3n) is 4.47. The SMILES string of the molecule is CN=C(NCc1nc2ccccc2n1C)N1CCC(C)(C)C1.I. The number of likely N-dealkylation sites (tertiary alicyclic amines) is 1. The number of hydrogen-bond acceptors (Lipinski definition) is 2. The summed E-state index contributed by atoms with van der Waals surface area (Å²) < 4.78 is 2.14. The Morgan fingerprint density at radius 2 is 2.09 bits per heavy atom. The number of imidazole rings is 1. The predicted octanol–water partition coefficient (Wildman–Crippen LogP) is 3.00. The van der Waals surface area contributed by atoms with Gasteiger partial charge in [0.25, 0.3) is 0 Å². The molecular formula is C17H26IN5. The summed E-state index contributed by atoms with van der Waals surface area (Å²) in [5.74, 6) is 2.00. The van der Waals surface area contributed by atoms with Gasteiger partial charge in [0.05, 0.1) is 17.6 Å².